The van der Waals surface area contributed by atoms with E-state index >= 15 is 0 Å². The predicted octanol–water partition coefficient (Wildman–Crippen LogP) is 4.66. The van der Waals surface area contributed by atoms with Gasteiger partial charge < -0.3 is 14.8 Å². The highest BCUT2D eigenvalue weighted by Crippen LogP contribution is 2.30. The molecule has 2 rings (SSSR count). The predicted molar refractivity (Wildman–Crippen MR) is 93.7 cm³/mol. The topological polar surface area (TPSA) is 47.6 Å². The highest BCUT2D eigenvalue weighted by Gasteiger charge is 2.08. The lowest BCUT2D eigenvalue weighted by Gasteiger charge is -2.08. The Labute approximate surface area is 144 Å². The van der Waals surface area contributed by atoms with Crippen molar-refractivity contribution in [3.63, 3.8) is 0 Å². The number of benzene rings is 2. The van der Waals surface area contributed by atoms with Crippen molar-refractivity contribution in [1.82, 2.24) is 0 Å². The van der Waals surface area contributed by atoms with Crippen molar-refractivity contribution in [2.75, 3.05) is 19.5 Å². The molecule has 0 aliphatic carbocycles. The minimum Gasteiger partial charge on any atom is -0.493 e. The summed E-state index contributed by atoms with van der Waals surface area (Å²) in [6, 6.07) is 10.4. The van der Waals surface area contributed by atoms with Crippen LogP contribution in [0.25, 0.3) is 6.08 Å². The highest BCUT2D eigenvalue weighted by atomic mass is 35.5. The van der Waals surface area contributed by atoms with Gasteiger partial charge in [0.1, 0.15) is 0 Å². The van der Waals surface area contributed by atoms with Gasteiger partial charge in [-0.3, -0.25) is 4.79 Å². The third kappa shape index (κ3) is 4.41. The second kappa shape index (κ2) is 7.90. The van der Waals surface area contributed by atoms with Gasteiger partial charge in [0.25, 0.3) is 0 Å². The van der Waals surface area contributed by atoms with E-state index in [1.54, 1.807) is 50.6 Å². The Morgan fingerprint density at radius 1 is 1.04 bits per heavy atom. The van der Waals surface area contributed by atoms with E-state index in [4.69, 9.17) is 32.7 Å². The number of nitrogens with one attached hydrogen (secondary N) is 1. The van der Waals surface area contributed by atoms with Crippen LogP contribution in [0, 0.1) is 0 Å². The van der Waals surface area contributed by atoms with Crippen LogP contribution in [0.2, 0.25) is 10.0 Å². The molecule has 0 unspecified atom stereocenters. The molecule has 2 aromatic carbocycles. The second-order valence-electron chi connectivity index (χ2n) is 4.53. The molecule has 0 radical (unpaired) electrons. The first-order valence-corrected chi connectivity index (χ1v) is 7.46. The van der Waals surface area contributed by atoms with Crippen molar-refractivity contribution in [1.29, 1.82) is 0 Å². The summed E-state index contributed by atoms with van der Waals surface area (Å²) in [6.07, 6.45) is 3.04. The maximum atomic E-state index is 12.0. The third-order valence-electron chi connectivity index (χ3n) is 3.05. The molecule has 6 heteroatoms. The minimum absolute atomic E-state index is 0.338. The summed E-state index contributed by atoms with van der Waals surface area (Å²) in [7, 11) is 3.12. The molecule has 0 aliphatic rings. The van der Waals surface area contributed by atoms with E-state index in [1.807, 2.05) is 6.07 Å². The summed E-state index contributed by atoms with van der Waals surface area (Å²) in [5.41, 5.74) is 1.18. The lowest BCUT2D eigenvalue weighted by Crippen LogP contribution is -2.08. The fourth-order valence-corrected chi connectivity index (χ4v) is 2.40. The molecule has 0 fully saturated rings. The van der Waals surface area contributed by atoms with Gasteiger partial charge in [0.15, 0.2) is 11.5 Å². The molecule has 1 amide bonds. The molecule has 0 saturated carbocycles. The quantitative estimate of drug-likeness (QED) is 0.796. The average Bonchev–Trinajstić information content (AvgIpc) is 2.56. The summed E-state index contributed by atoms with van der Waals surface area (Å²) in [5, 5.41) is 3.41. The number of hydrogen-bond acceptors (Lipinski definition) is 3. The van der Waals surface area contributed by atoms with Crippen LogP contribution >= 0.6 is 23.2 Å². The van der Waals surface area contributed by atoms with Crippen LogP contribution in [0.3, 0.4) is 0 Å². The lowest BCUT2D eigenvalue weighted by molar-refractivity contribution is -0.111. The lowest BCUT2D eigenvalue weighted by atomic mass is 10.2. The molecule has 23 heavy (non-hydrogen) atoms. The van der Waals surface area contributed by atoms with E-state index in [1.165, 1.54) is 6.08 Å². The largest absolute Gasteiger partial charge is 0.493 e. The van der Waals surface area contributed by atoms with E-state index in [2.05, 4.69) is 5.32 Å². The van der Waals surface area contributed by atoms with Gasteiger partial charge in [-0.1, -0.05) is 35.3 Å². The fourth-order valence-electron chi connectivity index (χ4n) is 1.91. The van der Waals surface area contributed by atoms with Crippen molar-refractivity contribution in [2.45, 2.75) is 0 Å². The Balaban J connectivity index is 2.12. The van der Waals surface area contributed by atoms with E-state index in [-0.39, 0.29) is 5.91 Å². The maximum Gasteiger partial charge on any atom is 0.248 e. The van der Waals surface area contributed by atoms with Crippen LogP contribution in [0.4, 0.5) is 5.69 Å². The zero-order chi connectivity index (χ0) is 16.8. The summed E-state index contributed by atoms with van der Waals surface area (Å²) >= 11 is 12.0. The minimum atomic E-state index is -0.338. The van der Waals surface area contributed by atoms with Gasteiger partial charge in [-0.05, 0) is 35.9 Å². The van der Waals surface area contributed by atoms with Crippen molar-refractivity contribution >= 4 is 40.9 Å². The van der Waals surface area contributed by atoms with Crippen LogP contribution < -0.4 is 14.8 Å². The Bertz CT molecular complexity index is 724. The molecular weight excluding hydrogens is 337 g/mol. The maximum absolute atomic E-state index is 12.0. The Morgan fingerprint density at radius 3 is 2.30 bits per heavy atom. The van der Waals surface area contributed by atoms with Crippen LogP contribution in [-0.2, 0) is 4.79 Å². The number of carbonyl (C=O) groups excluding carboxylic acids is 1. The van der Waals surface area contributed by atoms with Gasteiger partial charge in [0, 0.05) is 6.08 Å². The fraction of sp³-hybridized carbons (Fsp3) is 0.118. The van der Waals surface area contributed by atoms with Gasteiger partial charge in [0.2, 0.25) is 5.91 Å². The normalized spacial score (nSPS) is 10.6. The van der Waals surface area contributed by atoms with Crippen LogP contribution in [0.5, 0.6) is 11.5 Å². The molecule has 0 bridgehead atoms. The molecular formula is C17H15Cl2NO3. The van der Waals surface area contributed by atoms with Gasteiger partial charge in [-0.15, -0.1) is 0 Å². The van der Waals surface area contributed by atoms with Gasteiger partial charge in [-0.2, -0.15) is 0 Å². The van der Waals surface area contributed by atoms with Gasteiger partial charge in [0.05, 0.1) is 30.0 Å². The highest BCUT2D eigenvalue weighted by molar-refractivity contribution is 6.39. The molecule has 0 heterocycles. The Morgan fingerprint density at radius 2 is 1.70 bits per heavy atom. The van der Waals surface area contributed by atoms with E-state index in [0.29, 0.717) is 27.2 Å². The molecule has 0 aromatic heterocycles. The summed E-state index contributed by atoms with van der Waals surface area (Å²) in [4.78, 5) is 12.0. The number of rotatable bonds is 5. The van der Waals surface area contributed by atoms with Crippen molar-refractivity contribution in [3.05, 3.63) is 58.1 Å². The molecule has 0 saturated heterocycles. The zero-order valence-corrected chi connectivity index (χ0v) is 14.1. The number of halogens is 2. The van der Waals surface area contributed by atoms with Crippen LogP contribution in [0.1, 0.15) is 5.56 Å². The molecule has 1 N–H and O–H groups in total. The number of para-hydroxylation sites is 1. The van der Waals surface area contributed by atoms with Crippen molar-refractivity contribution in [3.8, 4) is 11.5 Å². The summed E-state index contributed by atoms with van der Waals surface area (Å²) in [6.45, 7) is 0. The first-order valence-electron chi connectivity index (χ1n) is 6.70. The summed E-state index contributed by atoms with van der Waals surface area (Å²) in [5.74, 6) is 0.871. The van der Waals surface area contributed by atoms with Crippen LogP contribution in [0.15, 0.2) is 42.5 Å². The number of hydrogen-bond donors (Lipinski definition) is 1. The van der Waals surface area contributed by atoms with Gasteiger partial charge >= 0.3 is 0 Å². The van der Waals surface area contributed by atoms with E-state index < -0.39 is 0 Å². The molecule has 120 valence electrons. The first kappa shape index (κ1) is 17.2. The first-order chi connectivity index (χ1) is 11.0. The Hall–Kier alpha value is -2.17. The number of methoxy groups -OCH3 is 2. The average molecular weight is 352 g/mol. The number of carbonyl (C=O) groups is 1. The number of anilines is 1. The van der Waals surface area contributed by atoms with Gasteiger partial charge in [-0.25, -0.2) is 0 Å². The smallest absolute Gasteiger partial charge is 0.248 e. The monoisotopic (exact) mass is 351 g/mol. The standard InChI is InChI=1S/C17H15Cl2NO3/c1-22-14-8-6-11(10-15(14)23-2)7-9-16(21)20-17-12(18)4-3-5-13(17)19/h3-10H,1-2H3,(H,20,21)/b9-7+. The van der Waals surface area contributed by atoms with Crippen molar-refractivity contribution < 1.29 is 14.3 Å². The molecule has 0 spiro atoms. The number of ether oxygens (including phenoxy) is 2. The van der Waals surface area contributed by atoms with Crippen LogP contribution in [-0.4, -0.2) is 20.1 Å². The second-order valence-corrected chi connectivity index (χ2v) is 5.35. The molecule has 0 atom stereocenters. The van der Waals surface area contributed by atoms with E-state index in [9.17, 15) is 4.79 Å². The van der Waals surface area contributed by atoms with Crippen molar-refractivity contribution in [2.24, 2.45) is 0 Å². The molecule has 2 aromatic rings. The van der Waals surface area contributed by atoms with E-state index in [0.717, 1.165) is 5.56 Å². The zero-order valence-electron chi connectivity index (χ0n) is 12.6. The molecule has 4 nitrogen and oxygen atoms in total. The molecule has 0 aliphatic heterocycles. The Kier molecular flexibility index (Phi) is 5.90. The number of amides is 1. The SMILES string of the molecule is COc1ccc(/C=C/C(=O)Nc2c(Cl)cccc2Cl)cc1OC. The third-order valence-corrected chi connectivity index (χ3v) is 3.68. The summed E-state index contributed by atoms with van der Waals surface area (Å²) < 4.78 is 10.4.